The van der Waals surface area contributed by atoms with Crippen LogP contribution in [-0.4, -0.2) is 19.5 Å². The molecule has 18 heavy (non-hydrogen) atoms. The van der Waals surface area contributed by atoms with E-state index in [-0.39, 0.29) is 0 Å². The molecule has 0 radical (unpaired) electrons. The molecule has 0 aromatic carbocycles. The van der Waals surface area contributed by atoms with Crippen LogP contribution in [0.15, 0.2) is 24.8 Å². The molecule has 0 atom stereocenters. The van der Waals surface area contributed by atoms with Crippen molar-refractivity contribution in [3.05, 3.63) is 42.0 Å². The van der Waals surface area contributed by atoms with Crippen LogP contribution in [0, 0.1) is 6.92 Å². The van der Waals surface area contributed by atoms with Gasteiger partial charge in [0.2, 0.25) is 0 Å². The molecule has 0 saturated heterocycles. The van der Waals surface area contributed by atoms with Gasteiger partial charge in [-0.25, -0.2) is 4.98 Å². The average molecular weight is 245 g/mol. The second-order valence-corrected chi connectivity index (χ2v) is 4.29. The van der Waals surface area contributed by atoms with E-state index in [4.69, 9.17) is 0 Å². The lowest BCUT2D eigenvalue weighted by Gasteiger charge is -2.07. The van der Waals surface area contributed by atoms with Gasteiger partial charge in [-0.15, -0.1) is 0 Å². The van der Waals surface area contributed by atoms with E-state index >= 15 is 0 Å². The first-order chi connectivity index (χ1) is 8.79. The molecule has 5 nitrogen and oxygen atoms in total. The topological polar surface area (TPSA) is 55.6 Å². The Kier molecular flexibility index (Phi) is 4.41. The quantitative estimate of drug-likeness (QED) is 0.841. The third-order valence-electron chi connectivity index (χ3n) is 2.69. The van der Waals surface area contributed by atoms with Crippen LogP contribution in [0.5, 0.6) is 0 Å². The molecule has 2 aromatic rings. The van der Waals surface area contributed by atoms with E-state index in [0.717, 1.165) is 36.7 Å². The Morgan fingerprint density at radius 3 is 2.78 bits per heavy atom. The molecular weight excluding hydrogens is 226 g/mol. The average Bonchev–Trinajstić information content (AvgIpc) is 2.80. The van der Waals surface area contributed by atoms with Gasteiger partial charge in [-0.05, 0) is 13.3 Å². The largest absolute Gasteiger partial charge is 0.334 e. The fourth-order valence-electron chi connectivity index (χ4n) is 1.76. The first-order valence-electron chi connectivity index (χ1n) is 6.28. The van der Waals surface area contributed by atoms with Crippen molar-refractivity contribution >= 4 is 0 Å². The van der Waals surface area contributed by atoms with Gasteiger partial charge in [0, 0.05) is 37.9 Å². The predicted molar refractivity (Wildman–Crippen MR) is 69.8 cm³/mol. The van der Waals surface area contributed by atoms with Crippen LogP contribution in [0.25, 0.3) is 0 Å². The van der Waals surface area contributed by atoms with E-state index in [0.29, 0.717) is 6.54 Å². The van der Waals surface area contributed by atoms with Crippen molar-refractivity contribution in [3.8, 4) is 0 Å². The maximum Gasteiger partial charge on any atom is 0.122 e. The monoisotopic (exact) mass is 245 g/mol. The number of aromatic nitrogens is 4. The minimum absolute atomic E-state index is 0.715. The summed E-state index contributed by atoms with van der Waals surface area (Å²) in [6.45, 7) is 6.58. The molecule has 0 bridgehead atoms. The molecule has 2 rings (SSSR count). The SMILES string of the molecule is CCCn1ccnc1CNCc1cnc(C)cn1. The molecule has 0 aliphatic rings. The highest BCUT2D eigenvalue weighted by Gasteiger charge is 2.01. The minimum atomic E-state index is 0.715. The molecule has 0 unspecified atom stereocenters. The van der Waals surface area contributed by atoms with Crippen molar-refractivity contribution in [1.29, 1.82) is 0 Å². The van der Waals surface area contributed by atoms with E-state index in [9.17, 15) is 0 Å². The Morgan fingerprint density at radius 2 is 2.06 bits per heavy atom. The van der Waals surface area contributed by atoms with Gasteiger partial charge in [-0.3, -0.25) is 9.97 Å². The molecule has 2 heterocycles. The highest BCUT2D eigenvalue weighted by molar-refractivity contribution is 5.00. The summed E-state index contributed by atoms with van der Waals surface area (Å²) in [5.41, 5.74) is 1.89. The van der Waals surface area contributed by atoms with E-state index in [1.165, 1.54) is 0 Å². The van der Waals surface area contributed by atoms with Crippen LogP contribution in [0.4, 0.5) is 0 Å². The highest BCUT2D eigenvalue weighted by atomic mass is 15.1. The van der Waals surface area contributed by atoms with Gasteiger partial charge in [-0.1, -0.05) is 6.92 Å². The second kappa shape index (κ2) is 6.26. The van der Waals surface area contributed by atoms with Crippen molar-refractivity contribution in [3.63, 3.8) is 0 Å². The summed E-state index contributed by atoms with van der Waals surface area (Å²) in [6, 6.07) is 0. The second-order valence-electron chi connectivity index (χ2n) is 4.29. The summed E-state index contributed by atoms with van der Waals surface area (Å²) in [4.78, 5) is 12.9. The summed E-state index contributed by atoms with van der Waals surface area (Å²) >= 11 is 0. The maximum absolute atomic E-state index is 4.34. The fraction of sp³-hybridized carbons (Fsp3) is 0.462. The van der Waals surface area contributed by atoms with Crippen LogP contribution in [0.3, 0.4) is 0 Å². The van der Waals surface area contributed by atoms with Gasteiger partial charge in [0.1, 0.15) is 5.82 Å². The first kappa shape index (κ1) is 12.7. The van der Waals surface area contributed by atoms with Crippen LogP contribution >= 0.6 is 0 Å². The molecular formula is C13H19N5. The Bertz CT molecular complexity index is 474. The molecule has 96 valence electrons. The lowest BCUT2D eigenvalue weighted by atomic mass is 10.4. The number of nitrogens with one attached hydrogen (secondary N) is 1. The highest BCUT2D eigenvalue weighted by Crippen LogP contribution is 2.00. The molecule has 0 fully saturated rings. The van der Waals surface area contributed by atoms with Gasteiger partial charge < -0.3 is 9.88 Å². The van der Waals surface area contributed by atoms with Gasteiger partial charge >= 0.3 is 0 Å². The van der Waals surface area contributed by atoms with Gasteiger partial charge in [0.05, 0.1) is 17.9 Å². The molecule has 0 amide bonds. The van der Waals surface area contributed by atoms with Crippen LogP contribution in [0.2, 0.25) is 0 Å². The van der Waals surface area contributed by atoms with Crippen molar-refractivity contribution in [2.24, 2.45) is 0 Å². The number of hydrogen-bond acceptors (Lipinski definition) is 4. The molecule has 5 heteroatoms. The van der Waals surface area contributed by atoms with E-state index in [1.54, 1.807) is 12.4 Å². The van der Waals surface area contributed by atoms with Gasteiger partial charge in [-0.2, -0.15) is 0 Å². The van der Waals surface area contributed by atoms with Crippen molar-refractivity contribution in [2.45, 2.75) is 39.9 Å². The van der Waals surface area contributed by atoms with Crippen LogP contribution < -0.4 is 5.32 Å². The Hall–Kier alpha value is -1.75. The standard InChI is InChI=1S/C13H19N5/c1-3-5-18-6-4-15-13(18)10-14-8-12-9-16-11(2)7-17-12/h4,6-7,9,14H,3,5,8,10H2,1-2H3. The zero-order valence-corrected chi connectivity index (χ0v) is 10.9. The molecule has 0 spiro atoms. The molecule has 1 N–H and O–H groups in total. The number of aryl methyl sites for hydroxylation is 2. The smallest absolute Gasteiger partial charge is 0.122 e. The van der Waals surface area contributed by atoms with Crippen LogP contribution in [-0.2, 0) is 19.6 Å². The predicted octanol–water partition coefficient (Wildman–Crippen LogP) is 1.68. The van der Waals surface area contributed by atoms with E-state index in [2.05, 4.69) is 31.8 Å². The van der Waals surface area contributed by atoms with Gasteiger partial charge in [0.25, 0.3) is 0 Å². The molecule has 0 aliphatic carbocycles. The molecule has 0 saturated carbocycles. The number of hydrogen-bond donors (Lipinski definition) is 1. The van der Waals surface area contributed by atoms with Crippen molar-refractivity contribution in [2.75, 3.05) is 0 Å². The summed E-state index contributed by atoms with van der Waals surface area (Å²) in [7, 11) is 0. The summed E-state index contributed by atoms with van der Waals surface area (Å²) in [6.07, 6.45) is 8.58. The third-order valence-corrected chi connectivity index (χ3v) is 2.69. The lowest BCUT2D eigenvalue weighted by molar-refractivity contribution is 0.584. The third kappa shape index (κ3) is 3.37. The van der Waals surface area contributed by atoms with E-state index in [1.807, 2.05) is 19.3 Å². The Balaban J connectivity index is 1.84. The maximum atomic E-state index is 4.34. The summed E-state index contributed by atoms with van der Waals surface area (Å²) in [5, 5.41) is 3.34. The summed E-state index contributed by atoms with van der Waals surface area (Å²) < 4.78 is 2.17. The number of rotatable bonds is 6. The molecule has 2 aromatic heterocycles. The zero-order chi connectivity index (χ0) is 12.8. The number of imidazole rings is 1. The Morgan fingerprint density at radius 1 is 1.17 bits per heavy atom. The lowest BCUT2D eigenvalue weighted by Crippen LogP contribution is -2.17. The molecule has 0 aliphatic heterocycles. The number of nitrogens with zero attached hydrogens (tertiary/aromatic N) is 4. The van der Waals surface area contributed by atoms with Crippen molar-refractivity contribution < 1.29 is 0 Å². The zero-order valence-electron chi connectivity index (χ0n) is 10.9. The van der Waals surface area contributed by atoms with Crippen LogP contribution in [0.1, 0.15) is 30.6 Å². The van der Waals surface area contributed by atoms with Crippen molar-refractivity contribution in [1.82, 2.24) is 24.8 Å². The minimum Gasteiger partial charge on any atom is -0.334 e. The van der Waals surface area contributed by atoms with Gasteiger partial charge in [0.15, 0.2) is 0 Å². The normalized spacial score (nSPS) is 10.8. The fourth-order valence-corrected chi connectivity index (χ4v) is 1.76. The first-order valence-corrected chi connectivity index (χ1v) is 6.28. The summed E-state index contributed by atoms with van der Waals surface area (Å²) in [5.74, 6) is 1.07. The van der Waals surface area contributed by atoms with E-state index < -0.39 is 0 Å². The Labute approximate surface area is 107 Å².